The van der Waals surface area contributed by atoms with Crippen LogP contribution < -0.4 is 0 Å². The first kappa shape index (κ1) is 15.6. The normalized spacial score (nSPS) is 14.6. The number of ether oxygens (including phenoxy) is 1. The van der Waals surface area contributed by atoms with Crippen LogP contribution in [0.25, 0.3) is 0 Å². The van der Waals surface area contributed by atoms with Gasteiger partial charge in [-0.15, -0.1) is 0 Å². The maximum Gasteiger partial charge on any atom is 0.410 e. The molecule has 1 aliphatic heterocycles. The molecule has 0 saturated heterocycles. The topological polar surface area (TPSA) is 72.7 Å². The van der Waals surface area contributed by atoms with Gasteiger partial charge in [-0.1, -0.05) is 17.7 Å². The molecule has 0 unspecified atom stereocenters. The summed E-state index contributed by atoms with van der Waals surface area (Å²) in [5, 5.41) is 11.2. The van der Waals surface area contributed by atoms with Crippen molar-refractivity contribution in [1.29, 1.82) is 0 Å². The number of hydrogen-bond acceptors (Lipinski definition) is 4. The number of hydrogen-bond donors (Lipinski definition) is 0. The molecule has 6 nitrogen and oxygen atoms in total. The fourth-order valence-corrected chi connectivity index (χ4v) is 2.53. The van der Waals surface area contributed by atoms with Crippen molar-refractivity contribution in [1.82, 2.24) is 4.90 Å². The standard InChI is InChI=1S/C14H17ClN2O4/c1-14(2,3)21-13(18)16-7-6-10-9(8-16)4-5-11(15)12(10)17(19)20/h4-5H,6-8H2,1-3H3. The number of nitro groups is 1. The lowest BCUT2D eigenvalue weighted by Crippen LogP contribution is -2.40. The van der Waals surface area contributed by atoms with Crippen LogP contribution >= 0.6 is 11.6 Å². The van der Waals surface area contributed by atoms with Gasteiger partial charge < -0.3 is 9.64 Å². The van der Waals surface area contributed by atoms with Gasteiger partial charge in [0, 0.05) is 18.7 Å². The molecule has 1 amide bonds. The molecule has 2 rings (SSSR count). The summed E-state index contributed by atoms with van der Waals surface area (Å²) in [4.78, 5) is 24.2. The Morgan fingerprint density at radius 1 is 1.43 bits per heavy atom. The Balaban J connectivity index is 2.24. The van der Waals surface area contributed by atoms with E-state index in [1.54, 1.807) is 31.7 Å². The average molecular weight is 313 g/mol. The van der Waals surface area contributed by atoms with Crippen molar-refractivity contribution < 1.29 is 14.5 Å². The van der Waals surface area contributed by atoms with E-state index in [1.165, 1.54) is 6.07 Å². The summed E-state index contributed by atoms with van der Waals surface area (Å²) in [6, 6.07) is 3.22. The van der Waals surface area contributed by atoms with Gasteiger partial charge in [-0.05, 0) is 38.8 Å². The number of carbonyl (C=O) groups is 1. The Morgan fingerprint density at radius 3 is 2.67 bits per heavy atom. The monoisotopic (exact) mass is 312 g/mol. The van der Waals surface area contributed by atoms with Gasteiger partial charge in [0.05, 0.1) is 4.92 Å². The first-order valence-electron chi connectivity index (χ1n) is 6.61. The Bertz CT molecular complexity index is 595. The highest BCUT2D eigenvalue weighted by atomic mass is 35.5. The van der Waals surface area contributed by atoms with Crippen LogP contribution in [0.1, 0.15) is 31.9 Å². The zero-order valence-electron chi connectivity index (χ0n) is 12.2. The molecule has 0 bridgehead atoms. The van der Waals surface area contributed by atoms with Crippen molar-refractivity contribution in [2.75, 3.05) is 6.54 Å². The second-order valence-corrected chi connectivity index (χ2v) is 6.35. The van der Waals surface area contributed by atoms with Crippen molar-refractivity contribution in [2.45, 2.75) is 39.3 Å². The predicted molar refractivity (Wildman–Crippen MR) is 78.5 cm³/mol. The van der Waals surface area contributed by atoms with Crippen molar-refractivity contribution in [3.05, 3.63) is 38.4 Å². The predicted octanol–water partition coefficient (Wildman–Crippen LogP) is 3.54. The molecule has 0 radical (unpaired) electrons. The third-order valence-electron chi connectivity index (χ3n) is 3.16. The Labute approximate surface area is 127 Å². The van der Waals surface area contributed by atoms with Crippen LogP contribution in [-0.2, 0) is 17.7 Å². The molecule has 0 saturated carbocycles. The molecule has 0 aliphatic carbocycles. The van der Waals surface area contributed by atoms with Crippen LogP contribution in [0.15, 0.2) is 12.1 Å². The Kier molecular flexibility index (Phi) is 4.09. The molecule has 1 aliphatic rings. The van der Waals surface area contributed by atoms with Gasteiger partial charge in [0.25, 0.3) is 5.69 Å². The van der Waals surface area contributed by atoms with Gasteiger partial charge in [-0.2, -0.15) is 0 Å². The van der Waals surface area contributed by atoms with E-state index in [-0.39, 0.29) is 10.7 Å². The average Bonchev–Trinajstić information content (AvgIpc) is 2.35. The molecule has 1 aromatic carbocycles. The molecular formula is C14H17ClN2O4. The lowest BCUT2D eigenvalue weighted by molar-refractivity contribution is -0.385. The number of nitro benzene ring substituents is 1. The summed E-state index contributed by atoms with van der Waals surface area (Å²) in [7, 11) is 0. The smallest absolute Gasteiger partial charge is 0.410 e. The summed E-state index contributed by atoms with van der Waals surface area (Å²) in [6.07, 6.45) is -0.0170. The van der Waals surface area contributed by atoms with E-state index >= 15 is 0 Å². The van der Waals surface area contributed by atoms with E-state index in [0.29, 0.717) is 25.1 Å². The first-order chi connectivity index (χ1) is 9.69. The zero-order chi connectivity index (χ0) is 15.8. The molecule has 1 heterocycles. The van der Waals surface area contributed by atoms with Gasteiger partial charge in [-0.3, -0.25) is 10.1 Å². The van der Waals surface area contributed by atoms with Crippen LogP contribution in [0.5, 0.6) is 0 Å². The number of halogens is 1. The minimum absolute atomic E-state index is 0.0574. The van der Waals surface area contributed by atoms with Crippen molar-refractivity contribution in [2.24, 2.45) is 0 Å². The third kappa shape index (κ3) is 3.44. The van der Waals surface area contributed by atoms with Gasteiger partial charge in [0.1, 0.15) is 10.6 Å². The zero-order valence-corrected chi connectivity index (χ0v) is 12.9. The van der Waals surface area contributed by atoms with Gasteiger partial charge in [-0.25, -0.2) is 4.79 Å². The van der Waals surface area contributed by atoms with E-state index < -0.39 is 16.6 Å². The van der Waals surface area contributed by atoms with Gasteiger partial charge >= 0.3 is 6.09 Å². The maximum atomic E-state index is 12.1. The third-order valence-corrected chi connectivity index (χ3v) is 3.46. The molecule has 0 spiro atoms. The largest absolute Gasteiger partial charge is 0.444 e. The van der Waals surface area contributed by atoms with E-state index in [4.69, 9.17) is 16.3 Å². The lowest BCUT2D eigenvalue weighted by atomic mass is 9.98. The summed E-state index contributed by atoms with van der Waals surface area (Å²) in [5.74, 6) is 0. The lowest BCUT2D eigenvalue weighted by Gasteiger charge is -2.31. The maximum absolute atomic E-state index is 12.1. The highest BCUT2D eigenvalue weighted by Crippen LogP contribution is 2.34. The molecular weight excluding hydrogens is 296 g/mol. The van der Waals surface area contributed by atoms with Crippen LogP contribution in [0, 0.1) is 10.1 Å². The highest BCUT2D eigenvalue weighted by Gasteiger charge is 2.30. The molecule has 21 heavy (non-hydrogen) atoms. The molecule has 0 N–H and O–H groups in total. The number of carbonyl (C=O) groups excluding carboxylic acids is 1. The van der Waals surface area contributed by atoms with Gasteiger partial charge in [0.15, 0.2) is 0 Å². The van der Waals surface area contributed by atoms with Crippen molar-refractivity contribution in [3.8, 4) is 0 Å². The second-order valence-electron chi connectivity index (χ2n) is 5.94. The van der Waals surface area contributed by atoms with E-state index in [2.05, 4.69) is 0 Å². The fourth-order valence-electron chi connectivity index (χ4n) is 2.29. The molecule has 0 atom stereocenters. The fraction of sp³-hybridized carbons (Fsp3) is 0.500. The number of fused-ring (bicyclic) bond motifs is 1. The Hall–Kier alpha value is -1.82. The van der Waals surface area contributed by atoms with E-state index in [9.17, 15) is 14.9 Å². The summed E-state index contributed by atoms with van der Waals surface area (Å²) in [5.41, 5.74) is 0.720. The van der Waals surface area contributed by atoms with E-state index in [0.717, 1.165) is 5.56 Å². The van der Waals surface area contributed by atoms with Crippen molar-refractivity contribution >= 4 is 23.4 Å². The van der Waals surface area contributed by atoms with E-state index in [1.807, 2.05) is 0 Å². The number of nitrogens with zero attached hydrogens (tertiary/aromatic N) is 2. The van der Waals surface area contributed by atoms with Crippen molar-refractivity contribution in [3.63, 3.8) is 0 Å². The van der Waals surface area contributed by atoms with Crippen LogP contribution in [0.3, 0.4) is 0 Å². The van der Waals surface area contributed by atoms with Crippen LogP contribution in [0.4, 0.5) is 10.5 Å². The SMILES string of the molecule is CC(C)(C)OC(=O)N1CCc2c(ccc(Cl)c2[N+](=O)[O-])C1. The quantitative estimate of drug-likeness (QED) is 0.587. The molecule has 0 fully saturated rings. The Morgan fingerprint density at radius 2 is 2.10 bits per heavy atom. The number of amides is 1. The minimum atomic E-state index is -0.566. The molecule has 7 heteroatoms. The molecule has 0 aromatic heterocycles. The highest BCUT2D eigenvalue weighted by molar-refractivity contribution is 6.32. The summed E-state index contributed by atoms with van der Waals surface area (Å²) >= 11 is 5.90. The molecule has 1 aromatic rings. The van der Waals surface area contributed by atoms with Crippen LogP contribution in [0.2, 0.25) is 5.02 Å². The summed E-state index contributed by atoms with van der Waals surface area (Å²) < 4.78 is 5.32. The summed E-state index contributed by atoms with van der Waals surface area (Å²) in [6.45, 7) is 6.07. The van der Waals surface area contributed by atoms with Gasteiger partial charge in [0.2, 0.25) is 0 Å². The number of rotatable bonds is 1. The second kappa shape index (κ2) is 5.52. The molecule has 114 valence electrons. The van der Waals surface area contributed by atoms with Crippen LogP contribution in [-0.4, -0.2) is 28.1 Å². The first-order valence-corrected chi connectivity index (χ1v) is 6.99. The number of benzene rings is 1. The minimum Gasteiger partial charge on any atom is -0.444 e.